The van der Waals surface area contributed by atoms with Gasteiger partial charge in [-0.15, -0.1) is 0 Å². The van der Waals surface area contributed by atoms with Crippen molar-refractivity contribution in [3.05, 3.63) is 64.3 Å². The molecule has 0 spiro atoms. The average Bonchev–Trinajstić information content (AvgIpc) is 3.37. The summed E-state index contributed by atoms with van der Waals surface area (Å²) in [6.45, 7) is 5.95. The van der Waals surface area contributed by atoms with Crippen LogP contribution in [-0.4, -0.2) is 70.1 Å². The molecule has 0 bridgehead atoms. The van der Waals surface area contributed by atoms with Crippen LogP contribution >= 0.6 is 0 Å². The van der Waals surface area contributed by atoms with Crippen molar-refractivity contribution in [1.29, 1.82) is 0 Å². The lowest BCUT2D eigenvalue weighted by molar-refractivity contribution is -0.117. The molecular formula is C25H29N7O3. The zero-order valence-corrected chi connectivity index (χ0v) is 19.7. The number of carbonyl (C=O) groups excluding carboxylic acids is 1. The molecule has 3 aromatic rings. The molecule has 0 unspecified atom stereocenters. The smallest absolute Gasteiger partial charge is 0.252 e. The van der Waals surface area contributed by atoms with Crippen LogP contribution in [0.3, 0.4) is 0 Å². The van der Waals surface area contributed by atoms with E-state index in [0.29, 0.717) is 43.6 Å². The maximum absolute atomic E-state index is 12.4. The number of aromatic amines is 1. The summed E-state index contributed by atoms with van der Waals surface area (Å²) in [5.41, 5.74) is 3.53. The lowest BCUT2D eigenvalue weighted by atomic mass is 10.1. The van der Waals surface area contributed by atoms with Crippen LogP contribution in [-0.2, 0) is 9.53 Å². The minimum absolute atomic E-state index is 0.00794. The molecule has 35 heavy (non-hydrogen) atoms. The molecule has 1 atom stereocenters. The van der Waals surface area contributed by atoms with Gasteiger partial charge in [0, 0.05) is 24.5 Å². The third-order valence-electron chi connectivity index (χ3n) is 6.37. The predicted octanol–water partition coefficient (Wildman–Crippen LogP) is 2.15. The molecule has 1 amide bonds. The Kier molecular flexibility index (Phi) is 6.82. The summed E-state index contributed by atoms with van der Waals surface area (Å²) < 4.78 is 6.01. The standard InChI is InChI=1S/C25H29N7O3/c1-17-13-26-16-27-24(17)20-12-22(33)30-25(29-20)32-10-11-35-21(14-32)18-4-6-19(7-5-18)28-23(34)15-31-8-2-3-9-31/h4-7,12-13,16,21H,2-3,8-11,14-15H2,1H3,(H,28,34)(H,29,30,33)/t21-/m1/s1. The van der Waals surface area contributed by atoms with Gasteiger partial charge in [0.25, 0.3) is 5.56 Å². The number of hydrogen-bond donors (Lipinski definition) is 2. The van der Waals surface area contributed by atoms with Crippen LogP contribution in [0.2, 0.25) is 0 Å². The monoisotopic (exact) mass is 475 g/mol. The molecule has 0 aliphatic carbocycles. The van der Waals surface area contributed by atoms with Gasteiger partial charge >= 0.3 is 0 Å². The summed E-state index contributed by atoms with van der Waals surface area (Å²) in [5, 5.41) is 2.97. The Morgan fingerprint density at radius 2 is 2.00 bits per heavy atom. The summed E-state index contributed by atoms with van der Waals surface area (Å²) in [6.07, 6.45) is 5.29. The van der Waals surface area contributed by atoms with Crippen molar-refractivity contribution in [2.75, 3.05) is 49.5 Å². The summed E-state index contributed by atoms with van der Waals surface area (Å²) in [4.78, 5) is 44.7. The number of amides is 1. The molecule has 0 radical (unpaired) electrons. The summed E-state index contributed by atoms with van der Waals surface area (Å²) in [7, 11) is 0. The highest BCUT2D eigenvalue weighted by molar-refractivity contribution is 5.92. The number of carbonyl (C=O) groups is 1. The predicted molar refractivity (Wildman–Crippen MR) is 132 cm³/mol. The third-order valence-corrected chi connectivity index (χ3v) is 6.37. The Morgan fingerprint density at radius 3 is 2.77 bits per heavy atom. The molecule has 5 rings (SSSR count). The first-order chi connectivity index (χ1) is 17.0. The van der Waals surface area contributed by atoms with E-state index < -0.39 is 0 Å². The van der Waals surface area contributed by atoms with Crippen molar-refractivity contribution in [2.24, 2.45) is 0 Å². The van der Waals surface area contributed by atoms with Crippen LogP contribution in [0.5, 0.6) is 0 Å². The zero-order valence-electron chi connectivity index (χ0n) is 19.7. The minimum atomic E-state index is -0.236. The number of likely N-dealkylation sites (tertiary alicyclic amines) is 1. The van der Waals surface area contributed by atoms with Crippen molar-refractivity contribution in [1.82, 2.24) is 24.8 Å². The van der Waals surface area contributed by atoms with Gasteiger partial charge in [0.15, 0.2) is 0 Å². The molecule has 10 heteroatoms. The fraction of sp³-hybridized carbons (Fsp3) is 0.400. The Hall–Kier alpha value is -3.63. The van der Waals surface area contributed by atoms with E-state index >= 15 is 0 Å². The Labute approximate surface area is 203 Å². The number of nitrogens with zero attached hydrogens (tertiary/aromatic N) is 5. The topological polar surface area (TPSA) is 116 Å². The number of rotatable bonds is 6. The minimum Gasteiger partial charge on any atom is -0.370 e. The molecule has 0 saturated carbocycles. The van der Waals surface area contributed by atoms with Gasteiger partial charge in [-0.1, -0.05) is 12.1 Å². The first-order valence-electron chi connectivity index (χ1n) is 11.9. The van der Waals surface area contributed by atoms with Gasteiger partial charge in [-0.3, -0.25) is 19.5 Å². The molecule has 2 saturated heterocycles. The number of aromatic nitrogens is 4. The number of hydrogen-bond acceptors (Lipinski definition) is 8. The lowest BCUT2D eigenvalue weighted by Gasteiger charge is -2.33. The van der Waals surface area contributed by atoms with Crippen LogP contribution < -0.4 is 15.8 Å². The number of aryl methyl sites for hydroxylation is 1. The van der Waals surface area contributed by atoms with Crippen molar-refractivity contribution in [2.45, 2.75) is 25.9 Å². The first-order valence-corrected chi connectivity index (χ1v) is 11.9. The van der Waals surface area contributed by atoms with Crippen LogP contribution in [0.25, 0.3) is 11.4 Å². The van der Waals surface area contributed by atoms with Gasteiger partial charge in [-0.05, 0) is 56.1 Å². The van der Waals surface area contributed by atoms with E-state index in [1.807, 2.05) is 36.1 Å². The van der Waals surface area contributed by atoms with E-state index in [2.05, 4.69) is 30.2 Å². The molecule has 2 aromatic heterocycles. The van der Waals surface area contributed by atoms with Crippen molar-refractivity contribution in [3.8, 4) is 11.4 Å². The second-order valence-corrected chi connectivity index (χ2v) is 8.97. The van der Waals surface area contributed by atoms with Crippen molar-refractivity contribution >= 4 is 17.5 Å². The van der Waals surface area contributed by atoms with Gasteiger partial charge in [0.05, 0.1) is 31.1 Å². The quantitative estimate of drug-likeness (QED) is 0.557. The van der Waals surface area contributed by atoms with Crippen LogP contribution in [0.15, 0.2) is 47.7 Å². The van der Waals surface area contributed by atoms with E-state index in [9.17, 15) is 9.59 Å². The van der Waals surface area contributed by atoms with Crippen molar-refractivity contribution in [3.63, 3.8) is 0 Å². The van der Waals surface area contributed by atoms with Gasteiger partial charge in [-0.25, -0.2) is 15.0 Å². The fourth-order valence-corrected chi connectivity index (χ4v) is 4.55. The summed E-state index contributed by atoms with van der Waals surface area (Å²) in [6, 6.07) is 9.19. The van der Waals surface area contributed by atoms with E-state index in [0.717, 1.165) is 42.7 Å². The first kappa shape index (κ1) is 23.1. The molecule has 1 aromatic carbocycles. The van der Waals surface area contributed by atoms with Crippen molar-refractivity contribution < 1.29 is 9.53 Å². The van der Waals surface area contributed by atoms with E-state index in [1.54, 1.807) is 6.20 Å². The normalized spacial score (nSPS) is 18.5. The molecule has 2 aliphatic rings. The Bertz CT molecular complexity index is 1240. The van der Waals surface area contributed by atoms with Gasteiger partial charge < -0.3 is 15.0 Å². The number of ether oxygens (including phenoxy) is 1. The molecule has 2 N–H and O–H groups in total. The number of morpholine rings is 1. The van der Waals surface area contributed by atoms with Crippen LogP contribution in [0, 0.1) is 6.92 Å². The molecule has 2 aliphatic heterocycles. The fourth-order valence-electron chi connectivity index (χ4n) is 4.55. The summed E-state index contributed by atoms with van der Waals surface area (Å²) >= 11 is 0. The van der Waals surface area contributed by atoms with Crippen LogP contribution in [0.1, 0.15) is 30.1 Å². The highest BCUT2D eigenvalue weighted by atomic mass is 16.5. The Morgan fingerprint density at radius 1 is 1.20 bits per heavy atom. The van der Waals surface area contributed by atoms with E-state index in [1.165, 1.54) is 12.4 Å². The molecule has 10 nitrogen and oxygen atoms in total. The largest absolute Gasteiger partial charge is 0.370 e. The van der Waals surface area contributed by atoms with E-state index in [4.69, 9.17) is 4.74 Å². The second kappa shape index (κ2) is 10.3. The molecule has 182 valence electrons. The molecule has 2 fully saturated rings. The highest BCUT2D eigenvalue weighted by Crippen LogP contribution is 2.26. The molecule has 4 heterocycles. The summed E-state index contributed by atoms with van der Waals surface area (Å²) in [5.74, 6) is 0.498. The number of anilines is 2. The maximum Gasteiger partial charge on any atom is 0.252 e. The number of nitrogens with one attached hydrogen (secondary N) is 2. The average molecular weight is 476 g/mol. The third kappa shape index (κ3) is 5.55. The Balaban J connectivity index is 1.27. The van der Waals surface area contributed by atoms with E-state index in [-0.39, 0.29) is 17.6 Å². The SMILES string of the molecule is Cc1cncnc1-c1cc(=O)[nH]c(N2CCO[C@@H](c3ccc(NC(=O)CN4CCCC4)cc3)C2)n1. The number of H-pyrrole nitrogens is 1. The zero-order chi connectivity index (χ0) is 24.2. The molecular weight excluding hydrogens is 446 g/mol. The van der Waals surface area contributed by atoms with Gasteiger partial charge in [0.1, 0.15) is 12.4 Å². The van der Waals surface area contributed by atoms with Gasteiger partial charge in [0.2, 0.25) is 11.9 Å². The second-order valence-electron chi connectivity index (χ2n) is 8.97. The van der Waals surface area contributed by atoms with Crippen LogP contribution in [0.4, 0.5) is 11.6 Å². The maximum atomic E-state index is 12.4. The number of benzene rings is 1. The lowest BCUT2D eigenvalue weighted by Crippen LogP contribution is -2.40. The highest BCUT2D eigenvalue weighted by Gasteiger charge is 2.24. The van der Waals surface area contributed by atoms with Gasteiger partial charge in [-0.2, -0.15) is 0 Å².